The van der Waals surface area contributed by atoms with Crippen molar-refractivity contribution in [1.29, 1.82) is 0 Å². The molecule has 116 valence electrons. The van der Waals surface area contributed by atoms with E-state index in [1.165, 1.54) is 38.9 Å². The molecule has 2 fully saturated rings. The molecule has 0 amide bonds. The van der Waals surface area contributed by atoms with Gasteiger partial charge in [-0.05, 0) is 50.1 Å². The standard InChI is InChI=1S/C17H24FNO2/c1-19-17(12-7-10-4-5-11(12)6-10)13-8-15(20-2)16(21-3)9-14(13)18/h8-12,17,19H,4-7H2,1-3H3. The first-order valence-corrected chi connectivity index (χ1v) is 7.76. The lowest BCUT2D eigenvalue weighted by Gasteiger charge is -2.31. The van der Waals surface area contributed by atoms with E-state index in [0.717, 1.165) is 11.8 Å². The van der Waals surface area contributed by atoms with E-state index in [0.29, 0.717) is 23.0 Å². The third-order valence-corrected chi connectivity index (χ3v) is 5.37. The van der Waals surface area contributed by atoms with Gasteiger partial charge in [0.05, 0.1) is 14.2 Å². The fourth-order valence-corrected chi connectivity index (χ4v) is 4.41. The van der Waals surface area contributed by atoms with E-state index in [1.807, 2.05) is 7.05 Å². The number of ether oxygens (including phenoxy) is 2. The average molecular weight is 293 g/mol. The van der Waals surface area contributed by atoms with Crippen LogP contribution in [0.15, 0.2) is 12.1 Å². The molecule has 2 aliphatic carbocycles. The lowest BCUT2D eigenvalue weighted by molar-refractivity contribution is 0.254. The lowest BCUT2D eigenvalue weighted by Crippen LogP contribution is -2.29. The number of fused-ring (bicyclic) bond motifs is 2. The van der Waals surface area contributed by atoms with Crippen LogP contribution in [-0.4, -0.2) is 21.3 Å². The maximum Gasteiger partial charge on any atom is 0.163 e. The maximum absolute atomic E-state index is 14.5. The van der Waals surface area contributed by atoms with Crippen molar-refractivity contribution in [2.45, 2.75) is 31.7 Å². The molecule has 2 saturated carbocycles. The Morgan fingerprint density at radius 2 is 1.86 bits per heavy atom. The van der Waals surface area contributed by atoms with Crippen LogP contribution in [0.2, 0.25) is 0 Å². The summed E-state index contributed by atoms with van der Waals surface area (Å²) in [7, 11) is 5.04. The smallest absolute Gasteiger partial charge is 0.163 e. The van der Waals surface area contributed by atoms with Crippen LogP contribution >= 0.6 is 0 Å². The largest absolute Gasteiger partial charge is 0.493 e. The number of benzene rings is 1. The minimum atomic E-state index is -0.213. The maximum atomic E-state index is 14.5. The fraction of sp³-hybridized carbons (Fsp3) is 0.647. The second-order valence-electron chi connectivity index (χ2n) is 6.33. The zero-order chi connectivity index (χ0) is 15.0. The van der Waals surface area contributed by atoms with Crippen molar-refractivity contribution >= 4 is 0 Å². The van der Waals surface area contributed by atoms with E-state index in [2.05, 4.69) is 5.32 Å². The van der Waals surface area contributed by atoms with Gasteiger partial charge in [-0.3, -0.25) is 0 Å². The van der Waals surface area contributed by atoms with Crippen molar-refractivity contribution in [3.63, 3.8) is 0 Å². The van der Waals surface area contributed by atoms with Crippen molar-refractivity contribution < 1.29 is 13.9 Å². The molecule has 0 aliphatic heterocycles. The SMILES string of the molecule is CNC(c1cc(OC)c(OC)cc1F)C1CC2CCC1C2. The molecule has 2 bridgehead atoms. The van der Waals surface area contributed by atoms with Crippen LogP contribution in [0.5, 0.6) is 11.5 Å². The molecule has 4 atom stereocenters. The second-order valence-corrected chi connectivity index (χ2v) is 6.33. The van der Waals surface area contributed by atoms with Gasteiger partial charge in [-0.2, -0.15) is 0 Å². The fourth-order valence-electron chi connectivity index (χ4n) is 4.41. The first-order valence-electron chi connectivity index (χ1n) is 7.76. The molecule has 21 heavy (non-hydrogen) atoms. The molecular formula is C17H24FNO2. The Morgan fingerprint density at radius 3 is 2.38 bits per heavy atom. The van der Waals surface area contributed by atoms with Gasteiger partial charge in [0.1, 0.15) is 5.82 Å². The molecule has 4 unspecified atom stereocenters. The molecule has 0 heterocycles. The highest BCUT2D eigenvalue weighted by Crippen LogP contribution is 2.53. The van der Waals surface area contributed by atoms with Crippen LogP contribution in [0.1, 0.15) is 37.3 Å². The second kappa shape index (κ2) is 5.84. The van der Waals surface area contributed by atoms with Gasteiger partial charge < -0.3 is 14.8 Å². The molecule has 0 aromatic heterocycles. The van der Waals surface area contributed by atoms with Gasteiger partial charge in [-0.15, -0.1) is 0 Å². The molecule has 1 N–H and O–H groups in total. The molecule has 1 aromatic carbocycles. The van der Waals surface area contributed by atoms with E-state index >= 15 is 0 Å². The first-order chi connectivity index (χ1) is 10.2. The number of halogens is 1. The average Bonchev–Trinajstić information content (AvgIpc) is 3.12. The van der Waals surface area contributed by atoms with E-state index in [-0.39, 0.29) is 11.9 Å². The van der Waals surface area contributed by atoms with Crippen LogP contribution in [0.25, 0.3) is 0 Å². The predicted octanol–water partition coefficient (Wildman–Crippen LogP) is 3.54. The van der Waals surface area contributed by atoms with Crippen LogP contribution in [0, 0.1) is 23.6 Å². The number of methoxy groups -OCH3 is 2. The summed E-state index contributed by atoms with van der Waals surface area (Å²) in [5.74, 6) is 2.94. The monoisotopic (exact) mass is 293 g/mol. The topological polar surface area (TPSA) is 30.5 Å². The summed E-state index contributed by atoms with van der Waals surface area (Å²) in [6.07, 6.45) is 5.18. The Morgan fingerprint density at radius 1 is 1.14 bits per heavy atom. The van der Waals surface area contributed by atoms with E-state index < -0.39 is 0 Å². The zero-order valence-corrected chi connectivity index (χ0v) is 13.0. The van der Waals surface area contributed by atoms with E-state index in [9.17, 15) is 4.39 Å². The summed E-state index contributed by atoms with van der Waals surface area (Å²) in [6.45, 7) is 0. The summed E-state index contributed by atoms with van der Waals surface area (Å²) in [4.78, 5) is 0. The lowest BCUT2D eigenvalue weighted by atomic mass is 9.80. The Balaban J connectivity index is 1.93. The summed E-state index contributed by atoms with van der Waals surface area (Å²) >= 11 is 0. The molecule has 3 nitrogen and oxygen atoms in total. The van der Waals surface area contributed by atoms with Crippen LogP contribution in [0.3, 0.4) is 0 Å². The zero-order valence-electron chi connectivity index (χ0n) is 13.0. The van der Waals surface area contributed by atoms with Gasteiger partial charge in [0.15, 0.2) is 11.5 Å². The Bertz CT molecular complexity index is 520. The molecule has 0 radical (unpaired) electrons. The van der Waals surface area contributed by atoms with Gasteiger partial charge in [-0.25, -0.2) is 4.39 Å². The minimum absolute atomic E-state index is 0.0557. The molecule has 0 saturated heterocycles. The molecule has 0 spiro atoms. The first kappa shape index (κ1) is 14.6. The minimum Gasteiger partial charge on any atom is -0.493 e. The molecule has 3 rings (SSSR count). The van der Waals surface area contributed by atoms with E-state index in [4.69, 9.17) is 9.47 Å². The summed E-state index contributed by atoms with van der Waals surface area (Å²) < 4.78 is 25.0. The highest BCUT2D eigenvalue weighted by Gasteiger charge is 2.43. The predicted molar refractivity (Wildman–Crippen MR) is 80.2 cm³/mol. The van der Waals surface area contributed by atoms with Gasteiger partial charge in [0, 0.05) is 17.7 Å². The molecule has 2 aliphatic rings. The van der Waals surface area contributed by atoms with Gasteiger partial charge >= 0.3 is 0 Å². The highest BCUT2D eigenvalue weighted by molar-refractivity contribution is 5.45. The van der Waals surface area contributed by atoms with Crippen molar-refractivity contribution in [3.8, 4) is 11.5 Å². The number of hydrogen-bond acceptors (Lipinski definition) is 3. The third-order valence-electron chi connectivity index (χ3n) is 5.37. The Kier molecular flexibility index (Phi) is 4.07. The van der Waals surface area contributed by atoms with Crippen molar-refractivity contribution in [2.75, 3.05) is 21.3 Å². The van der Waals surface area contributed by atoms with Crippen molar-refractivity contribution in [2.24, 2.45) is 17.8 Å². The summed E-state index contributed by atoms with van der Waals surface area (Å²) in [6, 6.07) is 3.28. The highest BCUT2D eigenvalue weighted by atomic mass is 19.1. The van der Waals surface area contributed by atoms with Crippen LogP contribution < -0.4 is 14.8 Å². The van der Waals surface area contributed by atoms with Gasteiger partial charge in [-0.1, -0.05) is 6.42 Å². The van der Waals surface area contributed by atoms with E-state index in [1.54, 1.807) is 13.2 Å². The Labute approximate surface area is 125 Å². The number of nitrogens with one attached hydrogen (secondary N) is 1. The van der Waals surface area contributed by atoms with Crippen molar-refractivity contribution in [3.05, 3.63) is 23.5 Å². The van der Waals surface area contributed by atoms with Gasteiger partial charge in [0.25, 0.3) is 0 Å². The molecule has 4 heteroatoms. The number of hydrogen-bond donors (Lipinski definition) is 1. The van der Waals surface area contributed by atoms with Crippen molar-refractivity contribution in [1.82, 2.24) is 5.32 Å². The number of rotatable bonds is 5. The quantitative estimate of drug-likeness (QED) is 0.900. The molecule has 1 aromatic rings. The summed E-state index contributed by atoms with van der Waals surface area (Å²) in [5.41, 5.74) is 0.702. The Hall–Kier alpha value is -1.29. The summed E-state index contributed by atoms with van der Waals surface area (Å²) in [5, 5.41) is 3.34. The third kappa shape index (κ3) is 2.50. The normalized spacial score (nSPS) is 28.7. The molecular weight excluding hydrogens is 269 g/mol. The van der Waals surface area contributed by atoms with Crippen LogP contribution in [0.4, 0.5) is 4.39 Å². The van der Waals surface area contributed by atoms with Crippen LogP contribution in [-0.2, 0) is 0 Å². The van der Waals surface area contributed by atoms with Gasteiger partial charge in [0.2, 0.25) is 0 Å².